The zero-order chi connectivity index (χ0) is 43.6. The fourth-order valence-electron chi connectivity index (χ4n) is 7.70. The second kappa shape index (κ2) is 19.7. The average molecular weight is 837 g/mol. The smallest absolute Gasteiger partial charge is 0.407 e. The van der Waals surface area contributed by atoms with Crippen LogP contribution in [0.15, 0.2) is 91.3 Å². The highest BCUT2D eigenvalue weighted by molar-refractivity contribution is 5.88. The molecule has 15 heteroatoms. The summed E-state index contributed by atoms with van der Waals surface area (Å²) < 4.78 is 15.9. The molecule has 3 aromatic carbocycles. The van der Waals surface area contributed by atoms with Gasteiger partial charge in [-0.3, -0.25) is 9.59 Å². The van der Waals surface area contributed by atoms with Gasteiger partial charge in [0.2, 0.25) is 5.91 Å². The van der Waals surface area contributed by atoms with Crippen LogP contribution in [0.1, 0.15) is 86.1 Å². The van der Waals surface area contributed by atoms with Gasteiger partial charge in [-0.25, -0.2) is 19.6 Å². The number of nitrogens with one attached hydrogen (secondary N) is 4. The van der Waals surface area contributed by atoms with Crippen LogP contribution < -0.4 is 15.4 Å². The molecule has 0 spiro atoms. The van der Waals surface area contributed by atoms with Crippen LogP contribution in [0.3, 0.4) is 0 Å². The predicted octanol–water partition coefficient (Wildman–Crippen LogP) is 6.80. The molecule has 2 saturated heterocycles. The molecule has 2 aliphatic rings. The molecule has 5 aromatic rings. The second-order valence-corrected chi connectivity index (χ2v) is 15.2. The quantitative estimate of drug-likeness (QED) is 0.104. The Morgan fingerprint density at radius 1 is 0.742 bits per heavy atom. The van der Waals surface area contributed by atoms with Crippen molar-refractivity contribution in [2.24, 2.45) is 5.92 Å². The maximum Gasteiger partial charge on any atom is 0.407 e. The standard InChI is InChI=1S/C47H48N8O7/c1-30(2)40(52-46(58)60-3)44(56)54-25-14-22-38(54)43-49-29-36(51-43)33-24-23-31(39(27-33)62-35-19-9-6-10-20-35)15-11-12-18-34-28-48-42(50-34)37-21-13-26-55(37)45(57)41(53-47(59)61-4)32-16-7-5-8-17-32/h5-10,16-17,19-20,23-24,27-30,37-38,40-41H,13-14,21-22,25-26H2,1-4H3,(H,48,50)(H,49,51)(H,52,58)(H,53,59)/t37?,38?,40-,41?/m0/s1. The van der Waals surface area contributed by atoms with Crippen LogP contribution in [0.25, 0.3) is 11.3 Å². The number of carbonyl (C=O) groups excluding carboxylic acids is 4. The molecule has 0 bridgehead atoms. The van der Waals surface area contributed by atoms with Gasteiger partial charge in [0.1, 0.15) is 40.9 Å². The minimum atomic E-state index is -0.919. The molecule has 0 saturated carbocycles. The van der Waals surface area contributed by atoms with Crippen LogP contribution in [0.2, 0.25) is 0 Å². The molecule has 62 heavy (non-hydrogen) atoms. The summed E-state index contributed by atoms with van der Waals surface area (Å²) in [7, 11) is 2.54. The van der Waals surface area contributed by atoms with Crippen molar-refractivity contribution in [3.8, 4) is 46.4 Å². The van der Waals surface area contributed by atoms with Gasteiger partial charge in [-0.05, 0) is 85.1 Å². The number of rotatable bonds is 11. The molecule has 4 heterocycles. The molecule has 15 nitrogen and oxygen atoms in total. The number of hydrogen-bond donors (Lipinski definition) is 4. The number of aromatic amines is 2. The van der Waals surface area contributed by atoms with E-state index < -0.39 is 24.3 Å². The lowest BCUT2D eigenvalue weighted by atomic mass is 10.0. The van der Waals surface area contributed by atoms with Crippen molar-refractivity contribution in [1.82, 2.24) is 40.4 Å². The Morgan fingerprint density at radius 2 is 1.35 bits per heavy atom. The molecule has 4 amide bonds. The van der Waals surface area contributed by atoms with Gasteiger partial charge in [-0.2, -0.15) is 0 Å². The van der Waals surface area contributed by atoms with E-state index in [2.05, 4.69) is 49.3 Å². The molecular formula is C47H48N8O7. The number of H-pyrrole nitrogens is 2. The molecular weight excluding hydrogens is 789 g/mol. The summed E-state index contributed by atoms with van der Waals surface area (Å²) in [4.78, 5) is 71.2. The van der Waals surface area contributed by atoms with E-state index in [1.165, 1.54) is 14.2 Å². The van der Waals surface area contributed by atoms with E-state index in [0.717, 1.165) is 30.5 Å². The lowest BCUT2D eigenvalue weighted by molar-refractivity contribution is -0.135. The lowest BCUT2D eigenvalue weighted by Gasteiger charge is -2.30. The van der Waals surface area contributed by atoms with E-state index in [4.69, 9.17) is 19.2 Å². The first-order chi connectivity index (χ1) is 30.1. The lowest BCUT2D eigenvalue weighted by Crippen LogP contribution is -2.51. The Bertz CT molecular complexity index is 2510. The van der Waals surface area contributed by atoms with Crippen molar-refractivity contribution in [2.45, 2.75) is 63.7 Å². The highest BCUT2D eigenvalue weighted by Gasteiger charge is 2.38. The molecule has 3 unspecified atom stereocenters. The van der Waals surface area contributed by atoms with Gasteiger partial charge in [0.05, 0.1) is 50.0 Å². The zero-order valence-electron chi connectivity index (χ0n) is 34.9. The van der Waals surface area contributed by atoms with E-state index in [9.17, 15) is 19.2 Å². The largest absolute Gasteiger partial charge is 0.456 e. The number of ether oxygens (including phenoxy) is 3. The number of aromatic nitrogens is 4. The van der Waals surface area contributed by atoms with Crippen LogP contribution in [-0.2, 0) is 19.1 Å². The van der Waals surface area contributed by atoms with Gasteiger partial charge in [-0.1, -0.05) is 68.4 Å². The number of hydrogen-bond acceptors (Lipinski definition) is 9. The number of methoxy groups -OCH3 is 2. The third-order valence-corrected chi connectivity index (χ3v) is 10.8. The van der Waals surface area contributed by atoms with E-state index in [1.54, 1.807) is 34.3 Å². The van der Waals surface area contributed by atoms with Gasteiger partial charge in [0, 0.05) is 18.7 Å². The molecule has 0 radical (unpaired) electrons. The second-order valence-electron chi connectivity index (χ2n) is 15.2. The Hall–Kier alpha value is -7.52. The van der Waals surface area contributed by atoms with Crippen molar-refractivity contribution in [1.29, 1.82) is 0 Å². The summed E-state index contributed by atoms with van der Waals surface area (Å²) in [5.41, 5.74) is 3.33. The molecule has 0 aliphatic carbocycles. The molecule has 4 N–H and O–H groups in total. The number of benzene rings is 3. The molecule has 7 rings (SSSR count). The van der Waals surface area contributed by atoms with Crippen molar-refractivity contribution < 1.29 is 33.4 Å². The first kappa shape index (κ1) is 42.6. The van der Waals surface area contributed by atoms with E-state index in [1.807, 2.05) is 80.6 Å². The van der Waals surface area contributed by atoms with E-state index in [-0.39, 0.29) is 29.8 Å². The predicted molar refractivity (Wildman–Crippen MR) is 229 cm³/mol. The Morgan fingerprint density at radius 3 is 2.03 bits per heavy atom. The van der Waals surface area contributed by atoms with Crippen LogP contribution in [0.4, 0.5) is 9.59 Å². The van der Waals surface area contributed by atoms with Gasteiger partial charge in [0.15, 0.2) is 0 Å². The summed E-state index contributed by atoms with van der Waals surface area (Å²) in [5.74, 6) is 13.8. The number of nitrogens with zero attached hydrogens (tertiary/aromatic N) is 4. The molecule has 2 aliphatic heterocycles. The first-order valence-corrected chi connectivity index (χ1v) is 20.5. The van der Waals surface area contributed by atoms with Gasteiger partial charge in [-0.15, -0.1) is 0 Å². The number of para-hydroxylation sites is 1. The Kier molecular flexibility index (Phi) is 13.5. The number of imidazole rings is 2. The fraction of sp³-hybridized carbons (Fsp3) is 0.319. The van der Waals surface area contributed by atoms with Crippen LogP contribution >= 0.6 is 0 Å². The summed E-state index contributed by atoms with van der Waals surface area (Å²) >= 11 is 0. The highest BCUT2D eigenvalue weighted by atomic mass is 16.5. The number of likely N-dealkylation sites (tertiary alicyclic amines) is 2. The fourth-order valence-corrected chi connectivity index (χ4v) is 7.70. The first-order valence-electron chi connectivity index (χ1n) is 20.5. The monoisotopic (exact) mass is 836 g/mol. The minimum Gasteiger partial charge on any atom is -0.456 e. The third-order valence-electron chi connectivity index (χ3n) is 10.8. The van der Waals surface area contributed by atoms with Crippen molar-refractivity contribution >= 4 is 24.0 Å². The average Bonchev–Trinajstić information content (AvgIpc) is 4.14. The highest BCUT2D eigenvalue weighted by Crippen LogP contribution is 2.35. The number of amides is 4. The number of alkyl carbamates (subject to hydrolysis) is 2. The normalized spacial score (nSPS) is 16.6. The van der Waals surface area contributed by atoms with E-state index >= 15 is 0 Å². The van der Waals surface area contributed by atoms with E-state index in [0.29, 0.717) is 59.5 Å². The zero-order valence-corrected chi connectivity index (χ0v) is 34.9. The Labute approximate surface area is 360 Å². The number of carbonyl (C=O) groups is 4. The molecule has 2 fully saturated rings. The maximum atomic E-state index is 13.9. The van der Waals surface area contributed by atoms with Gasteiger partial charge in [0.25, 0.3) is 5.91 Å². The molecule has 318 valence electrons. The summed E-state index contributed by atoms with van der Waals surface area (Å²) in [6.07, 6.45) is 5.00. The van der Waals surface area contributed by atoms with Crippen LogP contribution in [-0.4, -0.2) is 87.1 Å². The minimum absolute atomic E-state index is 0.144. The summed E-state index contributed by atoms with van der Waals surface area (Å²) in [6.45, 7) is 4.82. The molecule has 2 aromatic heterocycles. The Balaban J connectivity index is 1.08. The third kappa shape index (κ3) is 9.91. The summed E-state index contributed by atoms with van der Waals surface area (Å²) in [6, 6.07) is 21.8. The van der Waals surface area contributed by atoms with Crippen LogP contribution in [0, 0.1) is 29.6 Å². The van der Waals surface area contributed by atoms with Gasteiger partial charge < -0.3 is 44.6 Å². The maximum absolute atomic E-state index is 13.9. The van der Waals surface area contributed by atoms with Crippen molar-refractivity contribution in [3.05, 3.63) is 120 Å². The SMILES string of the molecule is COC(=O)NC(C(=O)N1CCCC1c1ncc(C#CC#Cc2ccc(-c3cnc(C4CCCN4C(=O)[C@@H](NC(=O)OC)C(C)C)[nH]3)cc2Oc2ccccc2)[nH]1)c1ccccc1. The summed E-state index contributed by atoms with van der Waals surface area (Å²) in [5, 5.41) is 5.37. The van der Waals surface area contributed by atoms with Crippen molar-refractivity contribution in [3.63, 3.8) is 0 Å². The van der Waals surface area contributed by atoms with Crippen LogP contribution in [0.5, 0.6) is 11.5 Å². The topological polar surface area (TPSA) is 184 Å². The van der Waals surface area contributed by atoms with Gasteiger partial charge >= 0.3 is 12.2 Å². The molecule has 4 atom stereocenters. The van der Waals surface area contributed by atoms with Crippen molar-refractivity contribution in [2.75, 3.05) is 27.3 Å².